The van der Waals surface area contributed by atoms with Gasteiger partial charge in [0.2, 0.25) is 34.4 Å². The van der Waals surface area contributed by atoms with Gasteiger partial charge in [0.05, 0.1) is 4.90 Å². The van der Waals surface area contributed by atoms with Crippen LogP contribution in [0.5, 0.6) is 0 Å². The van der Waals surface area contributed by atoms with Gasteiger partial charge in [-0.15, -0.1) is 0 Å². The molecule has 0 unspecified atom stereocenters. The average Bonchev–Trinajstić information content (AvgIpc) is 3.09. The van der Waals surface area contributed by atoms with Crippen LogP contribution in [-0.4, -0.2) is 85.4 Å². The fourth-order valence-corrected chi connectivity index (χ4v) is 6.60. The van der Waals surface area contributed by atoms with Gasteiger partial charge in [-0.05, 0) is 107 Å². The molecule has 55 heavy (non-hydrogen) atoms. The monoisotopic (exact) mass is 870 g/mol. The van der Waals surface area contributed by atoms with Crippen LogP contribution in [-0.2, 0) is 20.2 Å². The van der Waals surface area contributed by atoms with Crippen molar-refractivity contribution in [1.82, 2.24) is 29.9 Å². The van der Waals surface area contributed by atoms with E-state index in [1.807, 2.05) is 0 Å². The Morgan fingerprint density at radius 2 is 0.855 bits per heavy atom. The molecule has 0 fully saturated rings. The van der Waals surface area contributed by atoms with E-state index in [0.29, 0.717) is 21.4 Å². The van der Waals surface area contributed by atoms with Gasteiger partial charge in [0.25, 0.3) is 10.1 Å². The molecule has 6 aromatic rings. The van der Waals surface area contributed by atoms with Crippen LogP contribution in [0.4, 0.5) is 46.5 Å². The molecule has 0 bridgehead atoms. The molecule has 278 valence electrons. The van der Waals surface area contributed by atoms with Gasteiger partial charge < -0.3 is 25.8 Å². The predicted octanol–water partition coefficient (Wildman–Crippen LogP) is 7.43. The Morgan fingerprint density at radius 1 is 0.527 bits per heavy atom. The molecule has 4 aromatic carbocycles. The summed E-state index contributed by atoms with van der Waals surface area (Å²) >= 11 is 24.0. The zero-order chi connectivity index (χ0) is 38.6. The van der Waals surface area contributed by atoms with Crippen molar-refractivity contribution in [2.24, 2.45) is 0 Å². The van der Waals surface area contributed by atoms with Crippen molar-refractivity contribution in [3.63, 3.8) is 0 Å². The summed E-state index contributed by atoms with van der Waals surface area (Å²) in [6.07, 6.45) is 2.40. The van der Waals surface area contributed by atoms with Gasteiger partial charge in [0.1, 0.15) is 15.0 Å². The number of nitrogens with one attached hydrogen (secondary N) is 4. The van der Waals surface area contributed by atoms with Crippen molar-refractivity contribution in [3.05, 3.63) is 117 Å². The summed E-state index contributed by atoms with van der Waals surface area (Å²) in [5, 5.41) is 12.1. The normalized spacial score (nSPS) is 11.5. The minimum atomic E-state index is -5.08. The number of hydrogen-bond donors (Lipinski definition) is 5. The van der Waals surface area contributed by atoms with E-state index < -0.39 is 30.0 Å². The van der Waals surface area contributed by atoms with Crippen molar-refractivity contribution in [2.75, 3.05) is 21.3 Å². The van der Waals surface area contributed by atoms with Gasteiger partial charge in [-0.3, -0.25) is 4.55 Å². The Labute approximate surface area is 357 Å². The van der Waals surface area contributed by atoms with E-state index >= 15 is 0 Å². The third-order valence-corrected chi connectivity index (χ3v) is 9.59. The zero-order valence-electron chi connectivity index (χ0n) is 27.7. The van der Waals surface area contributed by atoms with Crippen LogP contribution in [0, 0.1) is 0 Å². The minimum absolute atomic E-state index is 0. The van der Waals surface area contributed by atoms with Crippen LogP contribution in [0.25, 0.3) is 12.2 Å². The first kappa shape index (κ1) is 42.0. The second-order valence-corrected chi connectivity index (χ2v) is 15.1. The molecule has 2 heterocycles. The Bertz CT molecular complexity index is 2460. The summed E-state index contributed by atoms with van der Waals surface area (Å²) in [7, 11) is -9.93. The zero-order valence-corrected chi connectivity index (χ0v) is 31.4. The molecule has 0 radical (unpaired) electrons. The molecular weight excluding hydrogens is 849 g/mol. The molecule has 2 aromatic heterocycles. The van der Waals surface area contributed by atoms with Crippen molar-refractivity contribution in [3.8, 4) is 0 Å². The average molecular weight is 873 g/mol. The van der Waals surface area contributed by atoms with Crippen LogP contribution in [0.15, 0.2) is 94.7 Å². The standard InChI is InChI=1S/C32H22Cl4N10O6S2.Na.H/c33-19-5-11-21(12-6-19)37-29-41-27(35)43-31(45-29)39-23-9-3-17(25(15-23)53(47,48)49)1-2-18-4-10-24(16-26(18)54(50,51)52)40-32-44-28(36)42-30(46-32)38-22-13-7-20(34)8-14-22;;/h1-16H,(H,47,48,49)(H,50,51,52)(H2,37,39,41,43,45)(H2,38,40,42,44,46);;. The van der Waals surface area contributed by atoms with Crippen LogP contribution in [0.1, 0.15) is 12.6 Å². The summed E-state index contributed by atoms with van der Waals surface area (Å²) < 4.78 is 71.9. The molecule has 0 aliphatic carbocycles. The molecule has 0 amide bonds. The summed E-state index contributed by atoms with van der Waals surface area (Å²) in [5.74, 6) is -0.0276. The van der Waals surface area contributed by atoms with Crippen LogP contribution >= 0.6 is 46.4 Å². The van der Waals surface area contributed by atoms with Crippen molar-refractivity contribution < 1.29 is 27.4 Å². The van der Waals surface area contributed by atoms with E-state index in [9.17, 15) is 25.9 Å². The fourth-order valence-electron chi connectivity index (χ4n) is 4.63. The summed E-state index contributed by atoms with van der Waals surface area (Å²) in [5.41, 5.74) is 1.26. The van der Waals surface area contributed by atoms with Gasteiger partial charge >= 0.3 is 31.0 Å². The Hall–Kier alpha value is -4.18. The first-order chi connectivity index (χ1) is 25.6. The van der Waals surface area contributed by atoms with Gasteiger partial charge in [-0.1, -0.05) is 47.5 Å². The number of hydrogen-bond acceptors (Lipinski definition) is 15. The first-order valence-electron chi connectivity index (χ1n) is 14.9. The van der Waals surface area contributed by atoms with E-state index in [2.05, 4.69) is 51.2 Å². The molecule has 0 atom stereocenters. The number of anilines is 8. The number of rotatable bonds is 12. The second kappa shape index (κ2) is 17.7. The molecule has 23 heteroatoms. The summed E-state index contributed by atoms with van der Waals surface area (Å²) in [6, 6.07) is 20.9. The van der Waals surface area contributed by atoms with E-state index in [-0.39, 0.29) is 87.8 Å². The van der Waals surface area contributed by atoms with Gasteiger partial charge in [-0.25, -0.2) is 8.42 Å². The second-order valence-electron chi connectivity index (χ2n) is 10.8. The molecule has 16 nitrogen and oxygen atoms in total. The SMILES string of the molecule is O=S(=O)([O-])c1cc(Nc2nc(Cl)nc(Nc3ccc(Cl)cc3)n2)ccc1C=Cc1ccc(Nc2nc(Cl)nc(Nc3ccc(Cl)cc3)n2)cc1S(=O)(=O)O.[H+].[NaH]. The molecule has 0 spiro atoms. The van der Waals surface area contributed by atoms with Crippen LogP contribution < -0.4 is 21.3 Å². The van der Waals surface area contributed by atoms with Gasteiger partial charge in [0, 0.05) is 32.8 Å². The number of aromatic nitrogens is 6. The van der Waals surface area contributed by atoms with Crippen molar-refractivity contribution in [2.45, 2.75) is 9.79 Å². The fraction of sp³-hybridized carbons (Fsp3) is 0. The molecule has 0 aliphatic heterocycles. The topological polar surface area (TPSA) is 237 Å². The molecule has 0 aliphatic rings. The van der Waals surface area contributed by atoms with Crippen molar-refractivity contribution in [1.29, 1.82) is 0 Å². The van der Waals surface area contributed by atoms with Crippen LogP contribution in [0.3, 0.4) is 0 Å². The molecular formula is C32H23Cl4N10NaO6S2. The molecule has 5 N–H and O–H groups in total. The maximum atomic E-state index is 12.4. The van der Waals surface area contributed by atoms with E-state index in [4.69, 9.17) is 46.4 Å². The predicted molar refractivity (Wildman–Crippen MR) is 214 cm³/mol. The molecule has 6 rings (SSSR count). The number of halogens is 4. The summed E-state index contributed by atoms with van der Waals surface area (Å²) in [6.45, 7) is 0. The van der Waals surface area contributed by atoms with E-state index in [0.717, 1.165) is 12.1 Å². The first-order valence-corrected chi connectivity index (χ1v) is 19.3. The van der Waals surface area contributed by atoms with Gasteiger partial charge in [-0.2, -0.15) is 38.3 Å². The maximum absolute atomic E-state index is 12.4. The third kappa shape index (κ3) is 11.7. The molecule has 0 saturated heterocycles. The number of benzene rings is 4. The molecule has 0 saturated carbocycles. The van der Waals surface area contributed by atoms with E-state index in [1.165, 1.54) is 36.4 Å². The van der Waals surface area contributed by atoms with E-state index in [1.54, 1.807) is 48.5 Å². The Morgan fingerprint density at radius 3 is 1.22 bits per heavy atom. The Balaban J connectivity index is 0.00000348. The van der Waals surface area contributed by atoms with Crippen molar-refractivity contribution >= 4 is 155 Å². The third-order valence-electron chi connectivity index (χ3n) is 6.95. The summed E-state index contributed by atoms with van der Waals surface area (Å²) in [4.78, 5) is 23.2. The number of nitrogens with zero attached hydrogens (tertiary/aromatic N) is 6. The Kier molecular flexibility index (Phi) is 13.5. The van der Waals surface area contributed by atoms with Crippen LogP contribution in [0.2, 0.25) is 20.6 Å². The van der Waals surface area contributed by atoms with Gasteiger partial charge in [0.15, 0.2) is 0 Å². The quantitative estimate of drug-likeness (QED) is 0.0457.